The molecule has 0 radical (unpaired) electrons. The number of aryl methyl sites for hydroxylation is 1. The first-order valence-electron chi connectivity index (χ1n) is 5.75. The van der Waals surface area contributed by atoms with Crippen molar-refractivity contribution < 1.29 is 4.79 Å². The summed E-state index contributed by atoms with van der Waals surface area (Å²) in [4.78, 5) is 18.0. The van der Waals surface area contributed by atoms with Crippen LogP contribution in [0.15, 0.2) is 30.6 Å². The molecule has 0 aliphatic rings. The van der Waals surface area contributed by atoms with E-state index in [1.165, 1.54) is 0 Å². The van der Waals surface area contributed by atoms with Gasteiger partial charge in [-0.25, -0.2) is 4.98 Å². The van der Waals surface area contributed by atoms with Gasteiger partial charge < -0.3 is 15.2 Å². The van der Waals surface area contributed by atoms with Gasteiger partial charge in [0, 0.05) is 32.2 Å². The summed E-state index contributed by atoms with van der Waals surface area (Å²) in [6, 6.07) is 4.87. The topological polar surface area (TPSA) is 64.2 Å². The van der Waals surface area contributed by atoms with Gasteiger partial charge in [0.15, 0.2) is 0 Å². The van der Waals surface area contributed by atoms with Crippen molar-refractivity contribution in [3.63, 3.8) is 0 Å². The Morgan fingerprint density at radius 3 is 2.89 bits per heavy atom. The predicted octanol–water partition coefficient (Wildman–Crippen LogP) is 1.93. The molecular weight excluding hydrogens is 264 g/mol. The van der Waals surface area contributed by atoms with E-state index in [2.05, 4.69) is 4.98 Å². The zero-order valence-corrected chi connectivity index (χ0v) is 11.6. The lowest BCUT2D eigenvalue weighted by atomic mass is 10.2. The SMILES string of the molecule is CN(Cc1nccn1C)C(=O)c1cc(N)ccc1Cl. The average molecular weight is 279 g/mol. The van der Waals surface area contributed by atoms with Crippen LogP contribution in [0.25, 0.3) is 0 Å². The summed E-state index contributed by atoms with van der Waals surface area (Å²) in [5.41, 5.74) is 6.59. The van der Waals surface area contributed by atoms with E-state index in [0.29, 0.717) is 22.8 Å². The number of nitrogens with two attached hydrogens (primary N) is 1. The van der Waals surface area contributed by atoms with Crippen LogP contribution in [0.5, 0.6) is 0 Å². The highest BCUT2D eigenvalue weighted by Crippen LogP contribution is 2.20. The Labute approximate surface area is 116 Å². The standard InChI is InChI=1S/C13H15ClN4O/c1-17-6-5-16-12(17)8-18(2)13(19)10-7-9(15)3-4-11(10)14/h3-7H,8,15H2,1-2H3. The van der Waals surface area contributed by atoms with Gasteiger partial charge >= 0.3 is 0 Å². The molecule has 2 rings (SSSR count). The molecule has 0 spiro atoms. The van der Waals surface area contributed by atoms with E-state index >= 15 is 0 Å². The van der Waals surface area contributed by atoms with Crippen LogP contribution < -0.4 is 5.73 Å². The number of hydrogen-bond acceptors (Lipinski definition) is 3. The van der Waals surface area contributed by atoms with E-state index in [1.807, 2.05) is 17.8 Å². The third kappa shape index (κ3) is 2.88. The number of carbonyl (C=O) groups is 1. The van der Waals surface area contributed by atoms with Gasteiger partial charge in [0.2, 0.25) is 0 Å². The monoisotopic (exact) mass is 278 g/mol. The fourth-order valence-corrected chi connectivity index (χ4v) is 1.94. The molecule has 0 aliphatic heterocycles. The predicted molar refractivity (Wildman–Crippen MR) is 74.9 cm³/mol. The molecule has 2 aromatic rings. The smallest absolute Gasteiger partial charge is 0.255 e. The molecule has 1 heterocycles. The van der Waals surface area contributed by atoms with Gasteiger partial charge in [0.1, 0.15) is 5.82 Å². The first-order chi connectivity index (χ1) is 8.99. The molecule has 0 aliphatic carbocycles. The number of aromatic nitrogens is 2. The van der Waals surface area contributed by atoms with E-state index in [9.17, 15) is 4.79 Å². The maximum atomic E-state index is 12.3. The molecule has 1 aromatic heterocycles. The van der Waals surface area contributed by atoms with Crippen LogP contribution in [0.4, 0.5) is 5.69 Å². The van der Waals surface area contributed by atoms with Gasteiger partial charge in [-0.1, -0.05) is 11.6 Å². The molecular formula is C13H15ClN4O. The molecule has 0 bridgehead atoms. The van der Waals surface area contributed by atoms with Crippen molar-refractivity contribution in [1.82, 2.24) is 14.5 Å². The molecule has 2 N–H and O–H groups in total. The van der Waals surface area contributed by atoms with Crippen LogP contribution >= 0.6 is 11.6 Å². The second-order valence-electron chi connectivity index (χ2n) is 4.35. The van der Waals surface area contributed by atoms with Crippen LogP contribution in [0.3, 0.4) is 0 Å². The van der Waals surface area contributed by atoms with Gasteiger partial charge in [0.25, 0.3) is 5.91 Å². The number of amides is 1. The van der Waals surface area contributed by atoms with Crippen molar-refractivity contribution in [3.8, 4) is 0 Å². The first-order valence-corrected chi connectivity index (χ1v) is 6.13. The fraction of sp³-hybridized carbons (Fsp3) is 0.231. The molecule has 0 saturated heterocycles. The summed E-state index contributed by atoms with van der Waals surface area (Å²) >= 11 is 6.02. The Morgan fingerprint density at radius 2 is 2.26 bits per heavy atom. The molecule has 0 unspecified atom stereocenters. The number of rotatable bonds is 3. The van der Waals surface area contributed by atoms with Crippen LogP contribution in [0.1, 0.15) is 16.2 Å². The molecule has 5 nitrogen and oxygen atoms in total. The average Bonchev–Trinajstić information content (AvgIpc) is 2.77. The number of carbonyl (C=O) groups excluding carboxylic acids is 1. The summed E-state index contributed by atoms with van der Waals surface area (Å²) in [6.07, 6.45) is 3.53. The van der Waals surface area contributed by atoms with Crippen molar-refractivity contribution in [2.75, 3.05) is 12.8 Å². The molecule has 19 heavy (non-hydrogen) atoms. The van der Waals surface area contributed by atoms with Crippen molar-refractivity contribution >= 4 is 23.2 Å². The minimum atomic E-state index is -0.180. The Balaban J connectivity index is 2.19. The van der Waals surface area contributed by atoms with E-state index in [0.717, 1.165) is 5.82 Å². The highest BCUT2D eigenvalue weighted by atomic mass is 35.5. The number of anilines is 1. The van der Waals surface area contributed by atoms with Crippen molar-refractivity contribution in [2.24, 2.45) is 7.05 Å². The molecule has 0 fully saturated rings. The van der Waals surface area contributed by atoms with E-state index < -0.39 is 0 Å². The lowest BCUT2D eigenvalue weighted by Crippen LogP contribution is -2.27. The number of imidazole rings is 1. The second kappa shape index (κ2) is 5.32. The normalized spacial score (nSPS) is 10.5. The summed E-state index contributed by atoms with van der Waals surface area (Å²) in [7, 11) is 3.59. The van der Waals surface area contributed by atoms with Crippen LogP contribution in [-0.4, -0.2) is 27.4 Å². The molecule has 0 atom stereocenters. The van der Waals surface area contributed by atoms with Crippen molar-refractivity contribution in [1.29, 1.82) is 0 Å². The van der Waals surface area contributed by atoms with Gasteiger partial charge in [-0.3, -0.25) is 4.79 Å². The van der Waals surface area contributed by atoms with Gasteiger partial charge in [-0.15, -0.1) is 0 Å². The quantitative estimate of drug-likeness (QED) is 0.873. The maximum Gasteiger partial charge on any atom is 0.255 e. The zero-order valence-electron chi connectivity index (χ0n) is 10.8. The first kappa shape index (κ1) is 13.4. The Hall–Kier alpha value is -2.01. The third-order valence-corrected chi connectivity index (χ3v) is 3.20. The van der Waals surface area contributed by atoms with Crippen LogP contribution in [0.2, 0.25) is 5.02 Å². The van der Waals surface area contributed by atoms with E-state index in [-0.39, 0.29) is 5.91 Å². The summed E-state index contributed by atoms with van der Waals surface area (Å²) in [6.45, 7) is 0.410. The van der Waals surface area contributed by atoms with E-state index in [4.69, 9.17) is 17.3 Å². The van der Waals surface area contributed by atoms with Gasteiger partial charge in [-0.05, 0) is 18.2 Å². The molecule has 1 aromatic carbocycles. The van der Waals surface area contributed by atoms with Crippen molar-refractivity contribution in [3.05, 3.63) is 47.0 Å². The number of hydrogen-bond donors (Lipinski definition) is 1. The summed E-state index contributed by atoms with van der Waals surface area (Å²) in [5, 5.41) is 0.394. The lowest BCUT2D eigenvalue weighted by molar-refractivity contribution is 0.0781. The number of halogens is 1. The fourth-order valence-electron chi connectivity index (χ4n) is 1.75. The minimum Gasteiger partial charge on any atom is -0.399 e. The summed E-state index contributed by atoms with van der Waals surface area (Å²) in [5.74, 6) is 0.621. The number of nitrogens with zero attached hydrogens (tertiary/aromatic N) is 3. The molecule has 6 heteroatoms. The summed E-state index contributed by atoms with van der Waals surface area (Å²) < 4.78 is 1.87. The Morgan fingerprint density at radius 1 is 1.53 bits per heavy atom. The van der Waals surface area contributed by atoms with Crippen LogP contribution in [0, 0.1) is 0 Å². The Kier molecular flexibility index (Phi) is 3.76. The lowest BCUT2D eigenvalue weighted by Gasteiger charge is -2.17. The molecule has 1 amide bonds. The second-order valence-corrected chi connectivity index (χ2v) is 4.76. The molecule has 0 saturated carbocycles. The number of benzene rings is 1. The van der Waals surface area contributed by atoms with Gasteiger partial charge in [0.05, 0.1) is 17.1 Å². The zero-order chi connectivity index (χ0) is 14.0. The third-order valence-electron chi connectivity index (χ3n) is 2.87. The van der Waals surface area contributed by atoms with Crippen molar-refractivity contribution in [2.45, 2.75) is 6.54 Å². The highest BCUT2D eigenvalue weighted by Gasteiger charge is 2.17. The minimum absolute atomic E-state index is 0.180. The largest absolute Gasteiger partial charge is 0.399 e. The van der Waals surface area contributed by atoms with E-state index in [1.54, 1.807) is 36.3 Å². The highest BCUT2D eigenvalue weighted by molar-refractivity contribution is 6.33. The molecule has 100 valence electrons. The van der Waals surface area contributed by atoms with Gasteiger partial charge in [-0.2, -0.15) is 0 Å². The number of nitrogen functional groups attached to an aromatic ring is 1. The maximum absolute atomic E-state index is 12.3. The van der Waals surface area contributed by atoms with Crippen LogP contribution in [-0.2, 0) is 13.6 Å². The Bertz CT molecular complexity index is 608.